The predicted octanol–water partition coefficient (Wildman–Crippen LogP) is 1.87. The lowest BCUT2D eigenvalue weighted by Gasteiger charge is -2.06. The summed E-state index contributed by atoms with van der Waals surface area (Å²) < 4.78 is 0. The number of aliphatic hydroxyl groups is 1. The van der Waals surface area contributed by atoms with Gasteiger partial charge in [0, 0.05) is 12.3 Å². The molecule has 96 valence electrons. The lowest BCUT2D eigenvalue weighted by Crippen LogP contribution is -2.18. The fourth-order valence-electron chi connectivity index (χ4n) is 1.79. The van der Waals surface area contributed by atoms with E-state index < -0.39 is 0 Å². The third kappa shape index (κ3) is 5.71. The van der Waals surface area contributed by atoms with Gasteiger partial charge in [-0.1, -0.05) is 12.1 Å². The van der Waals surface area contributed by atoms with Crippen LogP contribution < -0.4 is 11.1 Å². The van der Waals surface area contributed by atoms with Crippen LogP contribution in [0.15, 0.2) is 18.2 Å². The summed E-state index contributed by atoms with van der Waals surface area (Å²) in [7, 11) is 0. The van der Waals surface area contributed by atoms with Gasteiger partial charge in [-0.25, -0.2) is 0 Å². The van der Waals surface area contributed by atoms with Crippen LogP contribution in [0.2, 0.25) is 0 Å². The molecule has 0 saturated heterocycles. The Morgan fingerprint density at radius 3 is 2.71 bits per heavy atom. The largest absolute Gasteiger partial charge is 0.399 e. The van der Waals surface area contributed by atoms with Crippen molar-refractivity contribution in [3.63, 3.8) is 0 Å². The molecule has 0 aliphatic heterocycles. The summed E-state index contributed by atoms with van der Waals surface area (Å²) in [6, 6.07) is 6.23. The summed E-state index contributed by atoms with van der Waals surface area (Å²) in [5, 5.41) is 12.0. The van der Waals surface area contributed by atoms with Crippen molar-refractivity contribution in [1.29, 1.82) is 0 Å². The Bertz CT molecular complexity index is 326. The van der Waals surface area contributed by atoms with Gasteiger partial charge >= 0.3 is 0 Å². The molecule has 1 rings (SSSR count). The third-order valence-corrected chi connectivity index (χ3v) is 2.94. The number of hydrogen-bond donors (Lipinski definition) is 3. The van der Waals surface area contributed by atoms with E-state index in [-0.39, 0.29) is 0 Å². The minimum absolute atomic E-state index is 0.310. The van der Waals surface area contributed by atoms with Gasteiger partial charge in [-0.2, -0.15) is 0 Å². The molecule has 17 heavy (non-hydrogen) atoms. The zero-order valence-corrected chi connectivity index (χ0v) is 10.7. The Labute approximate surface area is 104 Å². The molecule has 0 heterocycles. The van der Waals surface area contributed by atoms with Crippen molar-refractivity contribution < 1.29 is 5.11 Å². The first kappa shape index (κ1) is 14.0. The molecule has 0 spiro atoms. The lowest BCUT2D eigenvalue weighted by molar-refractivity contribution is 0.283. The second-order valence-corrected chi connectivity index (χ2v) is 4.48. The highest BCUT2D eigenvalue weighted by atomic mass is 16.2. The molecule has 0 aromatic heterocycles. The zero-order chi connectivity index (χ0) is 12.5. The Kier molecular flexibility index (Phi) is 6.67. The Morgan fingerprint density at radius 2 is 2.00 bits per heavy atom. The monoisotopic (exact) mass is 236 g/mol. The van der Waals surface area contributed by atoms with E-state index in [1.165, 1.54) is 5.56 Å². The lowest BCUT2D eigenvalue weighted by atomic mass is 10.1. The molecule has 4 N–H and O–H groups in total. The number of aryl methyl sites for hydroxylation is 1. The van der Waals surface area contributed by atoms with Gasteiger partial charge in [0.05, 0.1) is 0 Å². The van der Waals surface area contributed by atoms with Crippen LogP contribution in [0, 0.1) is 6.92 Å². The van der Waals surface area contributed by atoms with E-state index in [0.29, 0.717) is 6.61 Å². The van der Waals surface area contributed by atoms with E-state index in [1.807, 2.05) is 13.0 Å². The third-order valence-electron chi connectivity index (χ3n) is 2.94. The molecule has 0 fully saturated rings. The number of nitrogens with one attached hydrogen (secondary N) is 1. The normalized spacial score (nSPS) is 10.7. The SMILES string of the molecule is Cc1cc(CCNCCCCCO)ccc1N. The molecule has 1 aromatic carbocycles. The fourth-order valence-corrected chi connectivity index (χ4v) is 1.79. The van der Waals surface area contributed by atoms with Gasteiger partial charge in [-0.3, -0.25) is 0 Å². The predicted molar refractivity (Wildman–Crippen MR) is 73.1 cm³/mol. The van der Waals surface area contributed by atoms with Gasteiger partial charge in [0.15, 0.2) is 0 Å². The second kappa shape index (κ2) is 8.09. The van der Waals surface area contributed by atoms with Crippen LogP contribution in [0.1, 0.15) is 30.4 Å². The number of hydrogen-bond acceptors (Lipinski definition) is 3. The smallest absolute Gasteiger partial charge is 0.0431 e. The molecule has 0 bridgehead atoms. The van der Waals surface area contributed by atoms with E-state index in [0.717, 1.165) is 50.0 Å². The minimum Gasteiger partial charge on any atom is -0.399 e. The van der Waals surface area contributed by atoms with Gasteiger partial charge in [0.1, 0.15) is 0 Å². The number of nitrogens with two attached hydrogens (primary N) is 1. The molecular weight excluding hydrogens is 212 g/mol. The van der Waals surface area contributed by atoms with Gasteiger partial charge in [0.25, 0.3) is 0 Å². The standard InChI is InChI=1S/C14H24N2O/c1-12-11-13(5-6-14(12)15)7-9-16-8-3-2-4-10-17/h5-6,11,16-17H,2-4,7-10,15H2,1H3. The van der Waals surface area contributed by atoms with Crippen LogP contribution in [0.25, 0.3) is 0 Å². The molecule has 3 heteroatoms. The van der Waals surface area contributed by atoms with Crippen molar-refractivity contribution in [2.24, 2.45) is 0 Å². The maximum absolute atomic E-state index is 8.64. The van der Waals surface area contributed by atoms with Crippen molar-refractivity contribution in [1.82, 2.24) is 5.32 Å². The summed E-state index contributed by atoms with van der Waals surface area (Å²) >= 11 is 0. The van der Waals surface area contributed by atoms with Crippen LogP contribution in [0.4, 0.5) is 5.69 Å². The number of aliphatic hydroxyl groups excluding tert-OH is 1. The van der Waals surface area contributed by atoms with E-state index >= 15 is 0 Å². The molecule has 0 unspecified atom stereocenters. The molecule has 0 aliphatic carbocycles. The molecule has 0 amide bonds. The molecule has 0 atom stereocenters. The van der Waals surface area contributed by atoms with Crippen molar-refractivity contribution in [3.8, 4) is 0 Å². The number of anilines is 1. The average molecular weight is 236 g/mol. The Morgan fingerprint density at radius 1 is 1.18 bits per heavy atom. The number of nitrogen functional groups attached to an aromatic ring is 1. The van der Waals surface area contributed by atoms with Crippen LogP contribution in [-0.2, 0) is 6.42 Å². The highest BCUT2D eigenvalue weighted by Gasteiger charge is 1.97. The quantitative estimate of drug-likeness (QED) is 0.477. The van der Waals surface area contributed by atoms with Gasteiger partial charge < -0.3 is 16.2 Å². The van der Waals surface area contributed by atoms with E-state index in [1.54, 1.807) is 0 Å². The summed E-state index contributed by atoms with van der Waals surface area (Å²) in [4.78, 5) is 0. The molecule has 0 aliphatic rings. The second-order valence-electron chi connectivity index (χ2n) is 4.48. The van der Waals surface area contributed by atoms with E-state index in [2.05, 4.69) is 17.4 Å². The van der Waals surface area contributed by atoms with Crippen molar-refractivity contribution in [3.05, 3.63) is 29.3 Å². The van der Waals surface area contributed by atoms with E-state index in [4.69, 9.17) is 10.8 Å². The van der Waals surface area contributed by atoms with Gasteiger partial charge in [-0.05, 0) is 62.9 Å². The van der Waals surface area contributed by atoms with Crippen molar-refractivity contribution in [2.45, 2.75) is 32.6 Å². The van der Waals surface area contributed by atoms with Gasteiger partial charge in [0.2, 0.25) is 0 Å². The fraction of sp³-hybridized carbons (Fsp3) is 0.571. The number of benzene rings is 1. The average Bonchev–Trinajstić information content (AvgIpc) is 2.32. The molecule has 0 radical (unpaired) electrons. The summed E-state index contributed by atoms with van der Waals surface area (Å²) in [6.45, 7) is 4.39. The zero-order valence-electron chi connectivity index (χ0n) is 10.7. The van der Waals surface area contributed by atoms with Crippen LogP contribution in [-0.4, -0.2) is 24.8 Å². The molecule has 3 nitrogen and oxygen atoms in total. The van der Waals surface area contributed by atoms with Crippen molar-refractivity contribution >= 4 is 5.69 Å². The molecular formula is C14H24N2O. The maximum Gasteiger partial charge on any atom is 0.0431 e. The number of unbranched alkanes of at least 4 members (excludes halogenated alkanes) is 2. The first-order valence-electron chi connectivity index (χ1n) is 6.40. The van der Waals surface area contributed by atoms with Crippen molar-refractivity contribution in [2.75, 3.05) is 25.4 Å². The minimum atomic E-state index is 0.310. The first-order valence-corrected chi connectivity index (χ1v) is 6.40. The number of rotatable bonds is 8. The highest BCUT2D eigenvalue weighted by Crippen LogP contribution is 2.12. The Balaban J connectivity index is 2.11. The van der Waals surface area contributed by atoms with Crippen LogP contribution in [0.5, 0.6) is 0 Å². The topological polar surface area (TPSA) is 58.3 Å². The summed E-state index contributed by atoms with van der Waals surface area (Å²) in [5.41, 5.74) is 9.13. The summed E-state index contributed by atoms with van der Waals surface area (Å²) in [6.07, 6.45) is 4.20. The Hall–Kier alpha value is -1.06. The van der Waals surface area contributed by atoms with E-state index in [9.17, 15) is 0 Å². The highest BCUT2D eigenvalue weighted by molar-refractivity contribution is 5.47. The molecule has 1 aromatic rings. The van der Waals surface area contributed by atoms with Crippen LogP contribution in [0.3, 0.4) is 0 Å². The first-order chi connectivity index (χ1) is 8.24. The summed E-state index contributed by atoms with van der Waals surface area (Å²) in [5.74, 6) is 0. The molecule has 0 saturated carbocycles. The maximum atomic E-state index is 8.64. The van der Waals surface area contributed by atoms with Crippen LogP contribution >= 0.6 is 0 Å². The van der Waals surface area contributed by atoms with Gasteiger partial charge in [-0.15, -0.1) is 0 Å².